The van der Waals surface area contributed by atoms with Gasteiger partial charge in [0.1, 0.15) is 0 Å². The third kappa shape index (κ3) is 1.71. The first-order chi connectivity index (χ1) is 10.4. The zero-order valence-electron chi connectivity index (χ0n) is 13.5. The molecule has 0 spiro atoms. The molecular weight excluding hydrogens is 280 g/mol. The Morgan fingerprint density at radius 2 is 2.00 bits per heavy atom. The van der Waals surface area contributed by atoms with Crippen molar-refractivity contribution >= 4 is 0 Å². The van der Waals surface area contributed by atoms with E-state index in [1.54, 1.807) is 0 Å². The molecule has 2 saturated carbocycles. The highest BCUT2D eigenvalue weighted by Crippen LogP contribution is 2.69. The van der Waals surface area contributed by atoms with Crippen LogP contribution in [-0.2, 0) is 11.3 Å². The maximum Gasteiger partial charge on any atom is 0.231 e. The van der Waals surface area contributed by atoms with Crippen molar-refractivity contribution in [2.75, 3.05) is 6.79 Å². The number of rotatable bonds is 3. The second-order valence-electron chi connectivity index (χ2n) is 7.75. The van der Waals surface area contributed by atoms with Crippen LogP contribution >= 0.6 is 0 Å². The summed E-state index contributed by atoms with van der Waals surface area (Å²) in [5.74, 6) is 1.04. The normalized spacial score (nSPS) is 37.7. The minimum Gasteiger partial charge on any atom is -0.454 e. The molecule has 0 saturated heterocycles. The zero-order valence-corrected chi connectivity index (χ0v) is 13.5. The van der Waals surface area contributed by atoms with Crippen LogP contribution in [0.4, 0.5) is 0 Å². The summed E-state index contributed by atoms with van der Waals surface area (Å²) in [4.78, 5) is 0. The van der Waals surface area contributed by atoms with Crippen molar-refractivity contribution in [2.24, 2.45) is 16.7 Å². The van der Waals surface area contributed by atoms with E-state index in [1.165, 1.54) is 6.42 Å². The van der Waals surface area contributed by atoms with Crippen molar-refractivity contribution < 1.29 is 19.3 Å². The van der Waals surface area contributed by atoms with Gasteiger partial charge in [-0.25, -0.2) is 0 Å². The molecule has 0 aromatic heterocycles. The number of fused-ring (bicyclic) bond motifs is 3. The van der Waals surface area contributed by atoms with Crippen LogP contribution in [0.1, 0.15) is 45.6 Å². The standard InChI is InChI=1S/C18H24O4/c1-16(2)13-6-7-17(16,3)18(19,9-13)22-10-12-4-5-14-15(8-12)21-11-20-14/h4-5,8,13,19H,6-7,9-11H2,1-3H3. The Morgan fingerprint density at radius 3 is 2.68 bits per heavy atom. The molecule has 2 fully saturated rings. The van der Waals surface area contributed by atoms with Crippen molar-refractivity contribution in [1.82, 2.24) is 0 Å². The van der Waals surface area contributed by atoms with Crippen molar-refractivity contribution in [3.8, 4) is 11.5 Å². The van der Waals surface area contributed by atoms with E-state index in [0.29, 0.717) is 12.5 Å². The fraction of sp³-hybridized carbons (Fsp3) is 0.667. The minimum atomic E-state index is -1.03. The van der Waals surface area contributed by atoms with Gasteiger partial charge in [0.15, 0.2) is 17.3 Å². The molecule has 1 N–H and O–H groups in total. The average molecular weight is 304 g/mol. The van der Waals surface area contributed by atoms with Crippen molar-refractivity contribution in [1.29, 1.82) is 0 Å². The van der Waals surface area contributed by atoms with Gasteiger partial charge in [0, 0.05) is 11.8 Å². The van der Waals surface area contributed by atoms with Gasteiger partial charge in [0.2, 0.25) is 6.79 Å². The summed E-state index contributed by atoms with van der Waals surface area (Å²) in [6.45, 7) is 7.39. The molecular formula is C18H24O4. The van der Waals surface area contributed by atoms with Gasteiger partial charge in [-0.15, -0.1) is 0 Å². The third-order valence-corrected chi connectivity index (χ3v) is 6.74. The lowest BCUT2D eigenvalue weighted by Gasteiger charge is -2.44. The van der Waals surface area contributed by atoms with Crippen molar-refractivity contribution in [2.45, 2.75) is 52.4 Å². The number of hydrogen-bond donors (Lipinski definition) is 1. The van der Waals surface area contributed by atoms with E-state index in [0.717, 1.165) is 29.9 Å². The van der Waals surface area contributed by atoms with Gasteiger partial charge in [-0.2, -0.15) is 0 Å². The predicted molar refractivity (Wildman–Crippen MR) is 81.5 cm³/mol. The first kappa shape index (κ1) is 14.3. The van der Waals surface area contributed by atoms with E-state index in [4.69, 9.17) is 14.2 Å². The molecule has 120 valence electrons. The highest BCUT2D eigenvalue weighted by molar-refractivity contribution is 5.44. The largest absolute Gasteiger partial charge is 0.454 e. The fourth-order valence-corrected chi connectivity index (χ4v) is 4.66. The number of aliphatic hydroxyl groups is 1. The molecule has 1 aliphatic heterocycles. The van der Waals surface area contributed by atoms with Crippen LogP contribution in [0.2, 0.25) is 0 Å². The van der Waals surface area contributed by atoms with E-state index in [2.05, 4.69) is 20.8 Å². The van der Waals surface area contributed by atoms with Crippen LogP contribution in [0.15, 0.2) is 18.2 Å². The summed E-state index contributed by atoms with van der Waals surface area (Å²) >= 11 is 0. The van der Waals surface area contributed by atoms with E-state index in [1.807, 2.05) is 18.2 Å². The van der Waals surface area contributed by atoms with E-state index < -0.39 is 5.79 Å². The molecule has 3 aliphatic rings. The van der Waals surface area contributed by atoms with Crippen molar-refractivity contribution in [3.05, 3.63) is 23.8 Å². The second-order valence-corrected chi connectivity index (χ2v) is 7.75. The number of hydrogen-bond acceptors (Lipinski definition) is 4. The highest BCUT2D eigenvalue weighted by atomic mass is 16.7. The van der Waals surface area contributed by atoms with Crippen LogP contribution < -0.4 is 9.47 Å². The lowest BCUT2D eigenvalue weighted by atomic mass is 9.68. The fourth-order valence-electron chi connectivity index (χ4n) is 4.66. The molecule has 3 unspecified atom stereocenters. The van der Waals surface area contributed by atoms with Crippen LogP contribution in [0, 0.1) is 16.7 Å². The lowest BCUT2D eigenvalue weighted by Crippen LogP contribution is -2.49. The maximum atomic E-state index is 11.2. The average Bonchev–Trinajstić information content (AvgIpc) is 3.07. The lowest BCUT2D eigenvalue weighted by molar-refractivity contribution is -0.278. The molecule has 22 heavy (non-hydrogen) atoms. The highest BCUT2D eigenvalue weighted by Gasteiger charge is 2.69. The molecule has 4 heteroatoms. The van der Waals surface area contributed by atoms with E-state index >= 15 is 0 Å². The van der Waals surface area contributed by atoms with Crippen molar-refractivity contribution in [3.63, 3.8) is 0 Å². The van der Waals surface area contributed by atoms with Gasteiger partial charge in [-0.3, -0.25) is 0 Å². The number of ether oxygens (including phenoxy) is 3. The Hall–Kier alpha value is -1.26. The Labute approximate surface area is 131 Å². The quantitative estimate of drug-likeness (QED) is 0.869. The Morgan fingerprint density at radius 1 is 1.23 bits per heavy atom. The van der Waals surface area contributed by atoms with Crippen LogP contribution in [0.3, 0.4) is 0 Å². The van der Waals surface area contributed by atoms with Crippen LogP contribution in [-0.4, -0.2) is 17.7 Å². The molecule has 1 heterocycles. The molecule has 4 rings (SSSR count). The summed E-state index contributed by atoms with van der Waals surface area (Å²) in [6, 6.07) is 5.81. The predicted octanol–water partition coefficient (Wildman–Crippen LogP) is 3.47. The first-order valence-electron chi connectivity index (χ1n) is 8.11. The molecule has 3 atom stereocenters. The summed E-state index contributed by atoms with van der Waals surface area (Å²) in [6.07, 6.45) is 2.96. The van der Waals surface area contributed by atoms with Gasteiger partial charge in [0.25, 0.3) is 0 Å². The molecule has 2 aliphatic carbocycles. The molecule has 1 aromatic carbocycles. The van der Waals surface area contributed by atoms with Gasteiger partial charge >= 0.3 is 0 Å². The van der Waals surface area contributed by atoms with Gasteiger partial charge < -0.3 is 19.3 Å². The summed E-state index contributed by atoms with van der Waals surface area (Å²) in [5, 5.41) is 11.2. The SMILES string of the molecule is CC1(C)C2CCC1(C)C(O)(OCc1ccc3c(c1)OCO3)C2. The van der Waals surface area contributed by atoms with Gasteiger partial charge in [-0.05, 0) is 41.9 Å². The van der Waals surface area contributed by atoms with Gasteiger partial charge in [-0.1, -0.05) is 26.8 Å². The second kappa shape index (κ2) is 4.39. The summed E-state index contributed by atoms with van der Waals surface area (Å²) in [5.41, 5.74) is 0.944. The molecule has 1 aromatic rings. The number of benzene rings is 1. The van der Waals surface area contributed by atoms with E-state index in [-0.39, 0.29) is 17.6 Å². The minimum absolute atomic E-state index is 0.122. The first-order valence-corrected chi connectivity index (χ1v) is 8.11. The third-order valence-electron chi connectivity index (χ3n) is 6.74. The molecule has 0 radical (unpaired) electrons. The Balaban J connectivity index is 1.52. The Bertz CT molecular complexity index is 611. The van der Waals surface area contributed by atoms with Crippen LogP contribution in [0.25, 0.3) is 0 Å². The maximum absolute atomic E-state index is 11.2. The monoisotopic (exact) mass is 304 g/mol. The zero-order chi connectivity index (χ0) is 15.6. The molecule has 0 amide bonds. The summed E-state index contributed by atoms with van der Waals surface area (Å²) < 4.78 is 16.8. The molecule has 4 nitrogen and oxygen atoms in total. The van der Waals surface area contributed by atoms with E-state index in [9.17, 15) is 5.11 Å². The molecule has 2 bridgehead atoms. The van der Waals surface area contributed by atoms with Crippen LogP contribution in [0.5, 0.6) is 11.5 Å². The Kier molecular flexibility index (Phi) is 2.86. The van der Waals surface area contributed by atoms with Gasteiger partial charge in [0.05, 0.1) is 6.61 Å². The smallest absolute Gasteiger partial charge is 0.231 e. The topological polar surface area (TPSA) is 47.9 Å². The summed E-state index contributed by atoms with van der Waals surface area (Å²) in [7, 11) is 0.